The summed E-state index contributed by atoms with van der Waals surface area (Å²) in [5.41, 5.74) is 6.87. The maximum Gasteiger partial charge on any atom is 0.231 e. The highest BCUT2D eigenvalue weighted by molar-refractivity contribution is 6.31. The molecule has 0 aliphatic carbocycles. The zero-order chi connectivity index (χ0) is 15.4. The Morgan fingerprint density at radius 3 is 2.62 bits per heavy atom. The third-order valence-electron chi connectivity index (χ3n) is 3.78. The van der Waals surface area contributed by atoms with Crippen LogP contribution < -0.4 is 11.1 Å². The number of hydrogen-bond acceptors (Lipinski definition) is 3. The number of nitrogens with two attached hydrogens (primary N) is 1. The second kappa shape index (κ2) is 6.91. The molecule has 0 atom stereocenters. The summed E-state index contributed by atoms with van der Waals surface area (Å²) >= 11 is 6.05. The average molecular weight is 310 g/mol. The lowest BCUT2D eigenvalue weighted by Crippen LogP contribution is -2.42. The number of rotatable bonds is 4. The van der Waals surface area contributed by atoms with Gasteiger partial charge in [-0.3, -0.25) is 14.5 Å². The first-order chi connectivity index (χ1) is 9.95. The van der Waals surface area contributed by atoms with Crippen LogP contribution in [-0.4, -0.2) is 36.3 Å². The van der Waals surface area contributed by atoms with Crippen LogP contribution in [-0.2, 0) is 9.59 Å². The van der Waals surface area contributed by atoms with Crippen LogP contribution in [0.3, 0.4) is 0 Å². The molecule has 1 aromatic rings. The molecular formula is C15H20ClN3O2. The number of anilines is 1. The molecule has 114 valence electrons. The van der Waals surface area contributed by atoms with Gasteiger partial charge in [-0.05, 0) is 50.6 Å². The maximum atomic E-state index is 12.2. The molecule has 6 heteroatoms. The van der Waals surface area contributed by atoms with Gasteiger partial charge in [0.05, 0.1) is 6.54 Å². The molecule has 0 radical (unpaired) electrons. The number of carbonyl (C=O) groups is 2. The Kier molecular flexibility index (Phi) is 5.20. The van der Waals surface area contributed by atoms with E-state index >= 15 is 0 Å². The molecule has 2 rings (SSSR count). The van der Waals surface area contributed by atoms with E-state index in [0.29, 0.717) is 5.02 Å². The monoisotopic (exact) mass is 309 g/mol. The topological polar surface area (TPSA) is 75.4 Å². The van der Waals surface area contributed by atoms with Crippen LogP contribution in [0.15, 0.2) is 18.2 Å². The molecule has 3 N–H and O–H groups in total. The molecular weight excluding hydrogens is 290 g/mol. The van der Waals surface area contributed by atoms with Crippen molar-refractivity contribution in [1.82, 2.24) is 4.90 Å². The fourth-order valence-corrected chi connectivity index (χ4v) is 2.67. The number of aryl methyl sites for hydroxylation is 1. The van der Waals surface area contributed by atoms with E-state index in [-0.39, 0.29) is 24.3 Å². The standard InChI is InChI=1S/C15H20ClN3O2/c1-10-2-3-12(8-13(10)16)18-15(21)11-4-6-19(7-5-11)9-14(17)20/h2-3,8,11H,4-7,9H2,1H3,(H2,17,20)(H,18,21). The molecule has 0 spiro atoms. The number of amides is 2. The number of piperidine rings is 1. The van der Waals surface area contributed by atoms with E-state index in [9.17, 15) is 9.59 Å². The molecule has 1 saturated heterocycles. The predicted molar refractivity (Wildman–Crippen MR) is 83.2 cm³/mol. The van der Waals surface area contributed by atoms with E-state index in [4.69, 9.17) is 17.3 Å². The Hall–Kier alpha value is -1.59. The normalized spacial score (nSPS) is 16.7. The Bertz CT molecular complexity index is 540. The molecule has 1 aliphatic rings. The number of nitrogens with zero attached hydrogens (tertiary/aromatic N) is 1. The fraction of sp³-hybridized carbons (Fsp3) is 0.467. The summed E-state index contributed by atoms with van der Waals surface area (Å²) in [6, 6.07) is 5.49. The second-order valence-corrected chi connectivity index (χ2v) is 5.88. The van der Waals surface area contributed by atoms with Gasteiger partial charge in [-0.1, -0.05) is 17.7 Å². The minimum atomic E-state index is -0.327. The van der Waals surface area contributed by atoms with E-state index in [1.165, 1.54) is 0 Å². The van der Waals surface area contributed by atoms with E-state index in [2.05, 4.69) is 5.32 Å². The molecule has 21 heavy (non-hydrogen) atoms. The van der Waals surface area contributed by atoms with Crippen LogP contribution in [0.5, 0.6) is 0 Å². The van der Waals surface area contributed by atoms with Crippen molar-refractivity contribution in [3.05, 3.63) is 28.8 Å². The largest absolute Gasteiger partial charge is 0.369 e. The minimum absolute atomic E-state index is 0.00800. The number of carbonyl (C=O) groups excluding carboxylic acids is 2. The maximum absolute atomic E-state index is 12.2. The predicted octanol–water partition coefficient (Wildman–Crippen LogP) is 1.78. The van der Waals surface area contributed by atoms with Crippen LogP contribution in [0.25, 0.3) is 0 Å². The zero-order valence-electron chi connectivity index (χ0n) is 12.1. The molecule has 1 aromatic carbocycles. The van der Waals surface area contributed by atoms with Crippen molar-refractivity contribution >= 4 is 29.1 Å². The fourth-order valence-electron chi connectivity index (χ4n) is 2.49. The summed E-state index contributed by atoms with van der Waals surface area (Å²) in [5.74, 6) is -0.352. The summed E-state index contributed by atoms with van der Waals surface area (Å²) in [6.07, 6.45) is 1.47. The van der Waals surface area contributed by atoms with Gasteiger partial charge in [0.2, 0.25) is 11.8 Å². The number of halogens is 1. The lowest BCUT2D eigenvalue weighted by molar-refractivity contribution is -0.122. The molecule has 0 aromatic heterocycles. The van der Waals surface area contributed by atoms with Crippen LogP contribution in [0, 0.1) is 12.8 Å². The van der Waals surface area contributed by atoms with Crippen molar-refractivity contribution < 1.29 is 9.59 Å². The summed E-state index contributed by atoms with van der Waals surface area (Å²) in [4.78, 5) is 25.1. The van der Waals surface area contributed by atoms with Gasteiger partial charge in [0.1, 0.15) is 0 Å². The van der Waals surface area contributed by atoms with Gasteiger partial charge in [0.15, 0.2) is 0 Å². The SMILES string of the molecule is Cc1ccc(NC(=O)C2CCN(CC(N)=O)CC2)cc1Cl. The van der Waals surface area contributed by atoms with Crippen molar-refractivity contribution in [3.63, 3.8) is 0 Å². The Morgan fingerprint density at radius 2 is 2.05 bits per heavy atom. The van der Waals surface area contributed by atoms with Crippen molar-refractivity contribution in [2.24, 2.45) is 11.7 Å². The highest BCUT2D eigenvalue weighted by Gasteiger charge is 2.25. The van der Waals surface area contributed by atoms with E-state index in [0.717, 1.165) is 37.2 Å². The first-order valence-electron chi connectivity index (χ1n) is 7.03. The third-order valence-corrected chi connectivity index (χ3v) is 4.18. The van der Waals surface area contributed by atoms with Gasteiger partial charge in [0, 0.05) is 16.6 Å². The smallest absolute Gasteiger partial charge is 0.231 e. The summed E-state index contributed by atoms with van der Waals surface area (Å²) < 4.78 is 0. The summed E-state index contributed by atoms with van der Waals surface area (Å²) in [7, 11) is 0. The van der Waals surface area contributed by atoms with Crippen molar-refractivity contribution in [2.75, 3.05) is 25.0 Å². The molecule has 1 heterocycles. The zero-order valence-corrected chi connectivity index (χ0v) is 12.8. The van der Waals surface area contributed by atoms with Gasteiger partial charge >= 0.3 is 0 Å². The minimum Gasteiger partial charge on any atom is -0.369 e. The van der Waals surface area contributed by atoms with Gasteiger partial charge in [0.25, 0.3) is 0 Å². The molecule has 1 aliphatic heterocycles. The average Bonchev–Trinajstić information content (AvgIpc) is 2.43. The Labute approximate surface area is 129 Å². The van der Waals surface area contributed by atoms with Gasteiger partial charge in [-0.2, -0.15) is 0 Å². The van der Waals surface area contributed by atoms with Crippen LogP contribution in [0.1, 0.15) is 18.4 Å². The first kappa shape index (κ1) is 15.8. The van der Waals surface area contributed by atoms with Gasteiger partial charge in [-0.15, -0.1) is 0 Å². The van der Waals surface area contributed by atoms with Crippen LogP contribution >= 0.6 is 11.6 Å². The van der Waals surface area contributed by atoms with Crippen molar-refractivity contribution in [1.29, 1.82) is 0 Å². The van der Waals surface area contributed by atoms with Gasteiger partial charge in [-0.25, -0.2) is 0 Å². The molecule has 0 saturated carbocycles. The van der Waals surface area contributed by atoms with E-state index in [1.54, 1.807) is 6.07 Å². The molecule has 5 nitrogen and oxygen atoms in total. The lowest BCUT2D eigenvalue weighted by Gasteiger charge is -2.30. The van der Waals surface area contributed by atoms with Crippen LogP contribution in [0.2, 0.25) is 5.02 Å². The molecule has 0 unspecified atom stereocenters. The first-order valence-corrected chi connectivity index (χ1v) is 7.41. The molecule has 2 amide bonds. The Morgan fingerprint density at radius 1 is 1.38 bits per heavy atom. The number of likely N-dealkylation sites (tertiary alicyclic amines) is 1. The van der Waals surface area contributed by atoms with Crippen molar-refractivity contribution in [3.8, 4) is 0 Å². The number of primary amides is 1. The van der Waals surface area contributed by atoms with Crippen LogP contribution in [0.4, 0.5) is 5.69 Å². The highest BCUT2D eigenvalue weighted by atomic mass is 35.5. The summed E-state index contributed by atoms with van der Waals surface area (Å²) in [5, 5.41) is 3.54. The quantitative estimate of drug-likeness (QED) is 0.890. The Balaban J connectivity index is 1.87. The number of benzene rings is 1. The summed E-state index contributed by atoms with van der Waals surface area (Å²) in [6.45, 7) is 3.62. The van der Waals surface area contributed by atoms with Crippen molar-refractivity contribution in [2.45, 2.75) is 19.8 Å². The lowest BCUT2D eigenvalue weighted by atomic mass is 9.96. The highest BCUT2D eigenvalue weighted by Crippen LogP contribution is 2.22. The number of nitrogens with one attached hydrogen (secondary N) is 1. The molecule has 0 bridgehead atoms. The van der Waals surface area contributed by atoms with E-state index in [1.807, 2.05) is 24.0 Å². The third kappa shape index (κ3) is 4.44. The van der Waals surface area contributed by atoms with Gasteiger partial charge < -0.3 is 11.1 Å². The van der Waals surface area contributed by atoms with E-state index < -0.39 is 0 Å². The molecule has 1 fully saturated rings. The number of hydrogen-bond donors (Lipinski definition) is 2. The second-order valence-electron chi connectivity index (χ2n) is 5.47.